The molecule has 120 valence electrons. The Morgan fingerprint density at radius 1 is 1.29 bits per heavy atom. The van der Waals surface area contributed by atoms with E-state index in [1.165, 1.54) is 7.11 Å². The van der Waals surface area contributed by atoms with Crippen molar-refractivity contribution in [2.45, 2.75) is 30.7 Å². The highest BCUT2D eigenvalue weighted by molar-refractivity contribution is 7.98. The molecule has 0 aliphatic heterocycles. The number of nitrogens with one attached hydrogen (secondary N) is 1. The maximum absolute atomic E-state index is 12.3. The van der Waals surface area contributed by atoms with E-state index in [2.05, 4.69) is 11.0 Å². The summed E-state index contributed by atoms with van der Waals surface area (Å²) in [5.74, 6) is 1.45. The highest BCUT2D eigenvalue weighted by atomic mass is 32.2. The number of benzene rings is 1. The van der Waals surface area contributed by atoms with Gasteiger partial charge in [0.1, 0.15) is 10.6 Å². The average molecular weight is 332 g/mol. The fraction of sp³-hybridized carbons (Fsp3) is 0.571. The Hall–Kier alpha value is -0.760. The van der Waals surface area contributed by atoms with Gasteiger partial charge in [0, 0.05) is 13.1 Å². The Bertz CT molecular complexity index is 533. The first kappa shape index (κ1) is 18.3. The third-order valence-electron chi connectivity index (χ3n) is 3.07. The molecule has 0 saturated heterocycles. The van der Waals surface area contributed by atoms with Crippen LogP contribution in [0.15, 0.2) is 23.1 Å². The smallest absolute Gasteiger partial charge is 0.244 e. The van der Waals surface area contributed by atoms with E-state index in [4.69, 9.17) is 10.5 Å². The largest absolute Gasteiger partial charge is 0.495 e. The molecule has 1 aromatic rings. The summed E-state index contributed by atoms with van der Waals surface area (Å²) in [5, 5.41) is 0. The van der Waals surface area contributed by atoms with E-state index in [1.807, 2.05) is 0 Å². The Labute approximate surface area is 131 Å². The number of rotatable bonds is 10. The van der Waals surface area contributed by atoms with Gasteiger partial charge in [-0.05, 0) is 42.5 Å². The minimum absolute atomic E-state index is 0.150. The third kappa shape index (κ3) is 5.86. The number of nitrogens with two attached hydrogens (primary N) is 1. The van der Waals surface area contributed by atoms with Crippen LogP contribution in [0.3, 0.4) is 0 Å². The first-order chi connectivity index (χ1) is 10.0. The van der Waals surface area contributed by atoms with Gasteiger partial charge in [-0.25, -0.2) is 13.1 Å². The highest BCUT2D eigenvalue weighted by Crippen LogP contribution is 2.24. The predicted molar refractivity (Wildman–Crippen MR) is 88.3 cm³/mol. The summed E-state index contributed by atoms with van der Waals surface area (Å²) in [6.07, 6.45) is 5.02. The second kappa shape index (κ2) is 9.30. The molecule has 0 aliphatic rings. The molecule has 0 radical (unpaired) electrons. The van der Waals surface area contributed by atoms with Crippen molar-refractivity contribution in [3.8, 4) is 5.75 Å². The molecular formula is C14H24N2O3S2. The van der Waals surface area contributed by atoms with E-state index in [0.717, 1.165) is 30.6 Å². The SMILES string of the molecule is COc1ccc(CN)cc1S(=O)(=O)NCCCCCSC. The van der Waals surface area contributed by atoms with E-state index in [1.54, 1.807) is 30.0 Å². The fourth-order valence-electron chi connectivity index (χ4n) is 1.89. The number of thioether (sulfide) groups is 1. The molecule has 0 fully saturated rings. The fourth-order valence-corrected chi connectivity index (χ4v) is 3.67. The molecule has 1 aromatic carbocycles. The normalized spacial score (nSPS) is 11.6. The van der Waals surface area contributed by atoms with E-state index in [-0.39, 0.29) is 4.90 Å². The molecule has 7 heteroatoms. The van der Waals surface area contributed by atoms with Crippen molar-refractivity contribution in [3.63, 3.8) is 0 Å². The van der Waals surface area contributed by atoms with Crippen LogP contribution in [-0.2, 0) is 16.6 Å². The van der Waals surface area contributed by atoms with Gasteiger partial charge in [0.15, 0.2) is 0 Å². The van der Waals surface area contributed by atoms with Gasteiger partial charge in [0.05, 0.1) is 7.11 Å². The van der Waals surface area contributed by atoms with Crippen molar-refractivity contribution in [1.29, 1.82) is 0 Å². The lowest BCUT2D eigenvalue weighted by molar-refractivity contribution is 0.402. The van der Waals surface area contributed by atoms with Crippen LogP contribution in [0.2, 0.25) is 0 Å². The maximum atomic E-state index is 12.3. The average Bonchev–Trinajstić information content (AvgIpc) is 2.50. The lowest BCUT2D eigenvalue weighted by Gasteiger charge is -2.12. The maximum Gasteiger partial charge on any atom is 0.244 e. The molecule has 0 amide bonds. The number of unbranched alkanes of at least 4 members (excludes halogenated alkanes) is 2. The van der Waals surface area contributed by atoms with E-state index >= 15 is 0 Å². The van der Waals surface area contributed by atoms with Gasteiger partial charge >= 0.3 is 0 Å². The lowest BCUT2D eigenvalue weighted by Crippen LogP contribution is -2.25. The van der Waals surface area contributed by atoms with Gasteiger partial charge in [0.2, 0.25) is 10.0 Å². The molecule has 0 bridgehead atoms. The van der Waals surface area contributed by atoms with Crippen molar-refractivity contribution < 1.29 is 13.2 Å². The second-order valence-electron chi connectivity index (χ2n) is 4.64. The van der Waals surface area contributed by atoms with Gasteiger partial charge in [-0.1, -0.05) is 12.5 Å². The van der Waals surface area contributed by atoms with Crippen LogP contribution in [0.5, 0.6) is 5.75 Å². The van der Waals surface area contributed by atoms with Gasteiger partial charge in [0.25, 0.3) is 0 Å². The number of methoxy groups -OCH3 is 1. The lowest BCUT2D eigenvalue weighted by atomic mass is 10.2. The number of ether oxygens (including phenoxy) is 1. The first-order valence-corrected chi connectivity index (χ1v) is 9.78. The standard InChI is InChI=1S/C14H24N2O3S2/c1-19-13-7-6-12(11-15)10-14(13)21(17,18)16-8-4-3-5-9-20-2/h6-7,10,16H,3-5,8-9,11,15H2,1-2H3. The minimum atomic E-state index is -3.56. The van der Waals surface area contributed by atoms with Gasteiger partial charge < -0.3 is 10.5 Å². The summed E-state index contributed by atoms with van der Waals surface area (Å²) in [6.45, 7) is 0.730. The van der Waals surface area contributed by atoms with Gasteiger partial charge in [-0.2, -0.15) is 11.8 Å². The first-order valence-electron chi connectivity index (χ1n) is 6.90. The molecule has 0 unspecified atom stereocenters. The molecule has 0 heterocycles. The van der Waals surface area contributed by atoms with Crippen LogP contribution < -0.4 is 15.2 Å². The molecule has 0 atom stereocenters. The van der Waals surface area contributed by atoms with Crippen LogP contribution >= 0.6 is 11.8 Å². The monoisotopic (exact) mass is 332 g/mol. The molecule has 1 rings (SSSR count). The zero-order valence-corrected chi connectivity index (χ0v) is 14.2. The Morgan fingerprint density at radius 2 is 2.05 bits per heavy atom. The van der Waals surface area contributed by atoms with Crippen molar-refractivity contribution in [2.75, 3.05) is 25.7 Å². The summed E-state index contributed by atoms with van der Waals surface area (Å²) in [4.78, 5) is 0.150. The van der Waals surface area contributed by atoms with E-state index in [0.29, 0.717) is 18.8 Å². The summed E-state index contributed by atoms with van der Waals surface area (Å²) < 4.78 is 32.4. The summed E-state index contributed by atoms with van der Waals surface area (Å²) in [7, 11) is -2.11. The Morgan fingerprint density at radius 3 is 2.67 bits per heavy atom. The number of sulfonamides is 1. The number of hydrogen-bond acceptors (Lipinski definition) is 5. The van der Waals surface area contributed by atoms with E-state index in [9.17, 15) is 8.42 Å². The van der Waals surface area contributed by atoms with Crippen LogP contribution in [0.4, 0.5) is 0 Å². The molecular weight excluding hydrogens is 308 g/mol. The van der Waals surface area contributed by atoms with Crippen molar-refractivity contribution in [1.82, 2.24) is 4.72 Å². The minimum Gasteiger partial charge on any atom is -0.495 e. The van der Waals surface area contributed by atoms with Crippen LogP contribution in [0.1, 0.15) is 24.8 Å². The predicted octanol–water partition coefficient (Wildman–Crippen LogP) is 1.97. The molecule has 5 nitrogen and oxygen atoms in total. The Kier molecular flexibility index (Phi) is 8.10. The molecule has 3 N–H and O–H groups in total. The van der Waals surface area contributed by atoms with E-state index < -0.39 is 10.0 Å². The molecule has 0 aliphatic carbocycles. The van der Waals surface area contributed by atoms with Crippen molar-refractivity contribution >= 4 is 21.8 Å². The molecule has 0 spiro atoms. The van der Waals surface area contributed by atoms with Gasteiger partial charge in [-0.15, -0.1) is 0 Å². The zero-order valence-electron chi connectivity index (χ0n) is 12.6. The van der Waals surface area contributed by atoms with Crippen molar-refractivity contribution in [3.05, 3.63) is 23.8 Å². The summed E-state index contributed by atoms with van der Waals surface area (Å²) >= 11 is 1.80. The van der Waals surface area contributed by atoms with Crippen LogP contribution in [0, 0.1) is 0 Å². The number of hydrogen-bond donors (Lipinski definition) is 2. The quantitative estimate of drug-likeness (QED) is 0.640. The molecule has 21 heavy (non-hydrogen) atoms. The summed E-state index contributed by atoms with van der Waals surface area (Å²) in [6, 6.07) is 4.96. The molecule has 0 saturated carbocycles. The van der Waals surface area contributed by atoms with Crippen LogP contribution in [-0.4, -0.2) is 34.1 Å². The highest BCUT2D eigenvalue weighted by Gasteiger charge is 2.19. The van der Waals surface area contributed by atoms with Crippen molar-refractivity contribution in [2.24, 2.45) is 5.73 Å². The molecule has 0 aromatic heterocycles. The second-order valence-corrected chi connectivity index (χ2v) is 7.36. The third-order valence-corrected chi connectivity index (χ3v) is 5.25. The zero-order chi connectivity index (χ0) is 15.7. The topological polar surface area (TPSA) is 81.4 Å². The summed E-state index contributed by atoms with van der Waals surface area (Å²) in [5.41, 5.74) is 6.32. The van der Waals surface area contributed by atoms with Gasteiger partial charge in [-0.3, -0.25) is 0 Å². The Balaban J connectivity index is 2.69. The van der Waals surface area contributed by atoms with Crippen LogP contribution in [0.25, 0.3) is 0 Å².